The normalized spacial score (nSPS) is 16.8. The summed E-state index contributed by atoms with van der Waals surface area (Å²) in [5, 5.41) is 3.81. The predicted molar refractivity (Wildman–Crippen MR) is 65.6 cm³/mol. The monoisotopic (exact) mass is 261 g/mol. The molecule has 1 aliphatic rings. The summed E-state index contributed by atoms with van der Waals surface area (Å²) >= 11 is 0. The van der Waals surface area contributed by atoms with Crippen molar-refractivity contribution in [3.63, 3.8) is 0 Å². The van der Waals surface area contributed by atoms with Crippen molar-refractivity contribution >= 4 is 5.91 Å². The number of aromatic nitrogens is 2. The van der Waals surface area contributed by atoms with Crippen LogP contribution in [0.1, 0.15) is 40.8 Å². The van der Waals surface area contributed by atoms with Gasteiger partial charge in [-0.3, -0.25) is 4.79 Å². The average molecular weight is 261 g/mol. The molecule has 2 aromatic heterocycles. The molecule has 0 N–H and O–H groups in total. The van der Waals surface area contributed by atoms with E-state index in [2.05, 4.69) is 10.1 Å². The molecule has 0 atom stereocenters. The van der Waals surface area contributed by atoms with Crippen LogP contribution in [0.5, 0.6) is 0 Å². The second kappa shape index (κ2) is 4.87. The van der Waals surface area contributed by atoms with Crippen molar-refractivity contribution in [2.24, 2.45) is 0 Å². The van der Waals surface area contributed by atoms with Crippen LogP contribution in [0.2, 0.25) is 0 Å². The van der Waals surface area contributed by atoms with Crippen LogP contribution in [0.3, 0.4) is 0 Å². The Hall–Kier alpha value is -2.11. The summed E-state index contributed by atoms with van der Waals surface area (Å²) in [6.45, 7) is 3.22. The third-order valence-electron chi connectivity index (χ3n) is 3.44. The van der Waals surface area contributed by atoms with E-state index in [4.69, 9.17) is 8.94 Å². The maximum absolute atomic E-state index is 12.1. The number of carbonyl (C=O) groups is 1. The third-order valence-corrected chi connectivity index (χ3v) is 3.44. The molecule has 0 aliphatic carbocycles. The standard InChI is InChI=1S/C13H15N3O3/c1-9-14-12(19-15-9)10-2-5-16(6-3-10)13(17)11-4-7-18-8-11/h4,7-8,10H,2-3,5-6H2,1H3. The zero-order valence-corrected chi connectivity index (χ0v) is 10.7. The second-order valence-electron chi connectivity index (χ2n) is 4.76. The Morgan fingerprint density at radius 3 is 2.79 bits per heavy atom. The fourth-order valence-electron chi connectivity index (χ4n) is 2.38. The van der Waals surface area contributed by atoms with Crippen LogP contribution in [0.4, 0.5) is 0 Å². The van der Waals surface area contributed by atoms with Crippen molar-refractivity contribution in [2.75, 3.05) is 13.1 Å². The largest absolute Gasteiger partial charge is 0.472 e. The molecule has 0 saturated carbocycles. The van der Waals surface area contributed by atoms with E-state index in [-0.39, 0.29) is 11.8 Å². The maximum atomic E-state index is 12.1. The minimum Gasteiger partial charge on any atom is -0.472 e. The lowest BCUT2D eigenvalue weighted by Gasteiger charge is -2.30. The molecular formula is C13H15N3O3. The molecule has 6 nitrogen and oxygen atoms in total. The molecule has 1 amide bonds. The minimum absolute atomic E-state index is 0.0221. The molecule has 3 heterocycles. The lowest BCUT2D eigenvalue weighted by molar-refractivity contribution is 0.0704. The van der Waals surface area contributed by atoms with Crippen LogP contribution in [0.15, 0.2) is 27.5 Å². The van der Waals surface area contributed by atoms with E-state index in [1.54, 1.807) is 6.07 Å². The molecule has 0 aromatic carbocycles. The SMILES string of the molecule is Cc1noc(C2CCN(C(=O)c3ccoc3)CC2)n1. The summed E-state index contributed by atoms with van der Waals surface area (Å²) < 4.78 is 10.1. The molecule has 1 fully saturated rings. The van der Waals surface area contributed by atoms with E-state index in [0.29, 0.717) is 30.4 Å². The number of likely N-dealkylation sites (tertiary alicyclic amines) is 1. The van der Waals surface area contributed by atoms with Gasteiger partial charge in [0.25, 0.3) is 5.91 Å². The highest BCUT2D eigenvalue weighted by Crippen LogP contribution is 2.27. The molecule has 0 unspecified atom stereocenters. The van der Waals surface area contributed by atoms with Crippen molar-refractivity contribution in [2.45, 2.75) is 25.7 Å². The van der Waals surface area contributed by atoms with Gasteiger partial charge in [-0.2, -0.15) is 4.98 Å². The topological polar surface area (TPSA) is 72.4 Å². The highest BCUT2D eigenvalue weighted by molar-refractivity contribution is 5.93. The zero-order valence-electron chi connectivity index (χ0n) is 10.7. The second-order valence-corrected chi connectivity index (χ2v) is 4.76. The van der Waals surface area contributed by atoms with Gasteiger partial charge in [0.15, 0.2) is 5.82 Å². The first kappa shape index (κ1) is 12.0. The number of furan rings is 1. The van der Waals surface area contributed by atoms with E-state index in [9.17, 15) is 4.79 Å². The number of aryl methyl sites for hydroxylation is 1. The first-order chi connectivity index (χ1) is 9.24. The average Bonchev–Trinajstić information content (AvgIpc) is 3.09. The van der Waals surface area contributed by atoms with Gasteiger partial charge in [0, 0.05) is 19.0 Å². The number of rotatable bonds is 2. The Bertz CT molecular complexity index is 553. The summed E-state index contributed by atoms with van der Waals surface area (Å²) in [6.07, 6.45) is 4.70. The summed E-state index contributed by atoms with van der Waals surface area (Å²) in [6, 6.07) is 1.69. The number of hydrogen-bond donors (Lipinski definition) is 0. The summed E-state index contributed by atoms with van der Waals surface area (Å²) in [4.78, 5) is 18.2. The van der Waals surface area contributed by atoms with Gasteiger partial charge in [-0.15, -0.1) is 0 Å². The summed E-state index contributed by atoms with van der Waals surface area (Å²) in [5.41, 5.74) is 0.604. The molecule has 0 spiro atoms. The van der Waals surface area contributed by atoms with Gasteiger partial charge in [-0.25, -0.2) is 0 Å². The molecule has 0 bridgehead atoms. The van der Waals surface area contributed by atoms with Crippen molar-refractivity contribution in [1.82, 2.24) is 15.0 Å². The van der Waals surface area contributed by atoms with Crippen molar-refractivity contribution in [3.05, 3.63) is 35.9 Å². The number of piperidine rings is 1. The van der Waals surface area contributed by atoms with Crippen molar-refractivity contribution in [1.29, 1.82) is 0 Å². The molecular weight excluding hydrogens is 246 g/mol. The highest BCUT2D eigenvalue weighted by atomic mass is 16.5. The fraction of sp³-hybridized carbons (Fsp3) is 0.462. The molecule has 0 radical (unpaired) electrons. The van der Waals surface area contributed by atoms with Crippen molar-refractivity contribution < 1.29 is 13.7 Å². The van der Waals surface area contributed by atoms with Crippen LogP contribution >= 0.6 is 0 Å². The zero-order chi connectivity index (χ0) is 13.2. The van der Waals surface area contributed by atoms with Gasteiger partial charge in [-0.1, -0.05) is 5.16 Å². The van der Waals surface area contributed by atoms with Gasteiger partial charge in [0.1, 0.15) is 6.26 Å². The lowest BCUT2D eigenvalue weighted by atomic mass is 9.96. The Morgan fingerprint density at radius 1 is 1.42 bits per heavy atom. The minimum atomic E-state index is 0.0221. The van der Waals surface area contributed by atoms with E-state index >= 15 is 0 Å². The molecule has 6 heteroatoms. The third kappa shape index (κ3) is 2.38. The van der Waals surface area contributed by atoms with Gasteiger partial charge in [0.2, 0.25) is 5.89 Å². The van der Waals surface area contributed by atoms with E-state index in [0.717, 1.165) is 12.8 Å². The van der Waals surface area contributed by atoms with Crippen LogP contribution in [-0.2, 0) is 0 Å². The lowest BCUT2D eigenvalue weighted by Crippen LogP contribution is -2.37. The maximum Gasteiger partial charge on any atom is 0.257 e. The van der Waals surface area contributed by atoms with Crippen LogP contribution in [0.25, 0.3) is 0 Å². The highest BCUT2D eigenvalue weighted by Gasteiger charge is 2.27. The Labute approximate surface area is 110 Å². The molecule has 19 heavy (non-hydrogen) atoms. The molecule has 100 valence electrons. The first-order valence-corrected chi connectivity index (χ1v) is 6.35. The summed E-state index contributed by atoms with van der Waals surface area (Å²) in [5.74, 6) is 1.63. The smallest absolute Gasteiger partial charge is 0.257 e. The molecule has 3 rings (SSSR count). The van der Waals surface area contributed by atoms with E-state index in [1.807, 2.05) is 11.8 Å². The molecule has 1 aliphatic heterocycles. The Morgan fingerprint density at radius 2 is 2.21 bits per heavy atom. The van der Waals surface area contributed by atoms with Gasteiger partial charge >= 0.3 is 0 Å². The first-order valence-electron chi connectivity index (χ1n) is 6.35. The number of hydrogen-bond acceptors (Lipinski definition) is 5. The van der Waals surface area contributed by atoms with Gasteiger partial charge in [0.05, 0.1) is 11.8 Å². The van der Waals surface area contributed by atoms with Crippen LogP contribution < -0.4 is 0 Å². The van der Waals surface area contributed by atoms with Crippen LogP contribution in [-0.4, -0.2) is 34.0 Å². The van der Waals surface area contributed by atoms with Gasteiger partial charge < -0.3 is 13.8 Å². The van der Waals surface area contributed by atoms with Crippen molar-refractivity contribution in [3.8, 4) is 0 Å². The van der Waals surface area contributed by atoms with E-state index < -0.39 is 0 Å². The Kier molecular flexibility index (Phi) is 3.06. The number of carbonyl (C=O) groups excluding carboxylic acids is 1. The fourth-order valence-corrected chi connectivity index (χ4v) is 2.38. The van der Waals surface area contributed by atoms with E-state index in [1.165, 1.54) is 12.5 Å². The number of nitrogens with zero attached hydrogens (tertiary/aromatic N) is 3. The molecule has 2 aromatic rings. The summed E-state index contributed by atoms with van der Waals surface area (Å²) in [7, 11) is 0. The quantitative estimate of drug-likeness (QED) is 0.826. The van der Waals surface area contributed by atoms with Gasteiger partial charge in [-0.05, 0) is 25.8 Å². The molecule has 1 saturated heterocycles. The van der Waals surface area contributed by atoms with Crippen LogP contribution in [0, 0.1) is 6.92 Å². The predicted octanol–water partition coefficient (Wildman–Crippen LogP) is 1.99. The number of amides is 1. The Balaban J connectivity index is 1.62.